The lowest BCUT2D eigenvalue weighted by molar-refractivity contribution is 0.179. The van der Waals surface area contributed by atoms with E-state index >= 15 is 0 Å². The van der Waals surface area contributed by atoms with Crippen LogP contribution in [-0.4, -0.2) is 23.0 Å². The summed E-state index contributed by atoms with van der Waals surface area (Å²) in [5.41, 5.74) is 1.36. The van der Waals surface area contributed by atoms with Crippen molar-refractivity contribution < 1.29 is 4.74 Å². The van der Waals surface area contributed by atoms with Gasteiger partial charge in [-0.05, 0) is 18.4 Å². The van der Waals surface area contributed by atoms with Gasteiger partial charge >= 0.3 is 0 Å². The Morgan fingerprint density at radius 2 is 2.21 bits per heavy atom. The van der Waals surface area contributed by atoms with E-state index in [0.717, 1.165) is 17.5 Å². The third-order valence-corrected chi connectivity index (χ3v) is 4.20. The van der Waals surface area contributed by atoms with Crippen LogP contribution in [0, 0.1) is 0 Å². The topological polar surface area (TPSA) is 38.2 Å². The van der Waals surface area contributed by atoms with E-state index in [1.54, 1.807) is 7.11 Å². The van der Waals surface area contributed by atoms with Gasteiger partial charge < -0.3 is 9.64 Å². The van der Waals surface area contributed by atoms with Crippen LogP contribution in [-0.2, 0) is 11.3 Å². The minimum atomic E-state index is 0.435. The lowest BCUT2D eigenvalue weighted by atomic mass is 10.1. The second-order valence-electron chi connectivity index (χ2n) is 4.69. The molecular formula is C14H17N3OS. The summed E-state index contributed by atoms with van der Waals surface area (Å²) in [6.07, 6.45) is 2.39. The van der Waals surface area contributed by atoms with E-state index in [1.807, 2.05) is 0 Å². The molecule has 1 fully saturated rings. The maximum absolute atomic E-state index is 5.08. The van der Waals surface area contributed by atoms with Crippen LogP contribution < -0.4 is 4.90 Å². The Hall–Kier alpha value is -1.46. The Balaban J connectivity index is 1.82. The van der Waals surface area contributed by atoms with Gasteiger partial charge in [-0.2, -0.15) is 4.37 Å². The fourth-order valence-electron chi connectivity index (χ4n) is 2.57. The van der Waals surface area contributed by atoms with Gasteiger partial charge in [-0.25, -0.2) is 4.98 Å². The van der Waals surface area contributed by atoms with Crippen molar-refractivity contribution >= 4 is 16.7 Å². The zero-order valence-corrected chi connectivity index (χ0v) is 11.8. The van der Waals surface area contributed by atoms with Crippen LogP contribution in [0.15, 0.2) is 30.3 Å². The summed E-state index contributed by atoms with van der Waals surface area (Å²) in [6.45, 7) is 1.54. The van der Waals surface area contributed by atoms with Gasteiger partial charge in [0.2, 0.25) is 5.13 Å². The predicted molar refractivity (Wildman–Crippen MR) is 76.4 cm³/mol. The third-order valence-electron chi connectivity index (χ3n) is 3.41. The van der Waals surface area contributed by atoms with Crippen molar-refractivity contribution in [2.24, 2.45) is 0 Å². The number of hydrogen-bond acceptors (Lipinski definition) is 5. The van der Waals surface area contributed by atoms with Crippen molar-refractivity contribution in [2.45, 2.75) is 25.5 Å². The summed E-state index contributed by atoms with van der Waals surface area (Å²) in [5.74, 6) is 0.779. The fraction of sp³-hybridized carbons (Fsp3) is 0.429. The summed E-state index contributed by atoms with van der Waals surface area (Å²) in [7, 11) is 1.67. The molecule has 1 atom stereocenters. The average molecular weight is 275 g/mol. The first-order valence-electron chi connectivity index (χ1n) is 6.51. The molecule has 0 aliphatic carbocycles. The van der Waals surface area contributed by atoms with Gasteiger partial charge in [0.05, 0.1) is 6.04 Å². The molecule has 2 heterocycles. The predicted octanol–water partition coefficient (Wildman–Crippen LogP) is 3.03. The molecule has 19 heavy (non-hydrogen) atoms. The molecule has 2 aromatic rings. The second kappa shape index (κ2) is 5.67. The van der Waals surface area contributed by atoms with E-state index < -0.39 is 0 Å². The zero-order chi connectivity index (χ0) is 13.1. The number of methoxy groups -OCH3 is 1. The van der Waals surface area contributed by atoms with E-state index in [4.69, 9.17) is 4.74 Å². The molecule has 1 saturated heterocycles. The molecule has 1 unspecified atom stereocenters. The van der Waals surface area contributed by atoms with Gasteiger partial charge in [-0.3, -0.25) is 0 Å². The lowest BCUT2D eigenvalue weighted by Gasteiger charge is -2.23. The number of aromatic nitrogens is 2. The van der Waals surface area contributed by atoms with Crippen LogP contribution in [0.3, 0.4) is 0 Å². The van der Waals surface area contributed by atoms with Gasteiger partial charge in [0, 0.05) is 25.2 Å². The van der Waals surface area contributed by atoms with Crippen LogP contribution in [0.4, 0.5) is 5.13 Å². The zero-order valence-electron chi connectivity index (χ0n) is 11.0. The van der Waals surface area contributed by atoms with E-state index in [9.17, 15) is 0 Å². The number of rotatable bonds is 4. The Kier molecular flexibility index (Phi) is 3.75. The number of hydrogen-bond donors (Lipinski definition) is 0. The molecule has 1 aliphatic heterocycles. The first-order valence-corrected chi connectivity index (χ1v) is 7.29. The van der Waals surface area contributed by atoms with Crippen LogP contribution in [0.1, 0.15) is 30.3 Å². The fourth-order valence-corrected chi connectivity index (χ4v) is 3.32. The summed E-state index contributed by atoms with van der Waals surface area (Å²) in [4.78, 5) is 6.93. The summed E-state index contributed by atoms with van der Waals surface area (Å²) in [6, 6.07) is 11.1. The molecule has 1 aromatic heterocycles. The van der Waals surface area contributed by atoms with Gasteiger partial charge in [0.1, 0.15) is 6.61 Å². The smallest absolute Gasteiger partial charge is 0.205 e. The maximum atomic E-state index is 5.08. The van der Waals surface area contributed by atoms with E-state index in [1.165, 1.54) is 29.9 Å². The van der Waals surface area contributed by atoms with Gasteiger partial charge in [-0.15, -0.1) is 0 Å². The highest BCUT2D eigenvalue weighted by atomic mass is 32.1. The van der Waals surface area contributed by atoms with Gasteiger partial charge in [-0.1, -0.05) is 30.3 Å². The number of benzene rings is 1. The molecule has 0 N–H and O–H groups in total. The molecule has 0 bridgehead atoms. The normalized spacial score (nSPS) is 19.0. The first-order chi connectivity index (χ1) is 9.38. The molecule has 0 spiro atoms. The molecular weight excluding hydrogens is 258 g/mol. The third kappa shape index (κ3) is 2.62. The highest BCUT2D eigenvalue weighted by Gasteiger charge is 2.28. The number of anilines is 1. The van der Waals surface area contributed by atoms with Crippen LogP contribution in [0.25, 0.3) is 0 Å². The maximum Gasteiger partial charge on any atom is 0.205 e. The quantitative estimate of drug-likeness (QED) is 0.859. The van der Waals surface area contributed by atoms with E-state index in [-0.39, 0.29) is 0 Å². The van der Waals surface area contributed by atoms with Crippen molar-refractivity contribution in [1.82, 2.24) is 9.36 Å². The Morgan fingerprint density at radius 3 is 3.00 bits per heavy atom. The minimum absolute atomic E-state index is 0.435. The summed E-state index contributed by atoms with van der Waals surface area (Å²) >= 11 is 1.47. The van der Waals surface area contributed by atoms with Crippen molar-refractivity contribution in [3.63, 3.8) is 0 Å². The largest absolute Gasteiger partial charge is 0.377 e. The first kappa shape index (κ1) is 12.6. The average Bonchev–Trinajstić information content (AvgIpc) is 3.08. The van der Waals surface area contributed by atoms with Gasteiger partial charge in [0.25, 0.3) is 0 Å². The molecule has 4 nitrogen and oxygen atoms in total. The van der Waals surface area contributed by atoms with Crippen molar-refractivity contribution in [3.8, 4) is 0 Å². The summed E-state index contributed by atoms with van der Waals surface area (Å²) < 4.78 is 9.42. The van der Waals surface area contributed by atoms with Crippen LogP contribution >= 0.6 is 11.5 Å². The minimum Gasteiger partial charge on any atom is -0.377 e. The Bertz CT molecular complexity index is 528. The van der Waals surface area contributed by atoms with Crippen LogP contribution in [0.5, 0.6) is 0 Å². The number of nitrogens with zero attached hydrogens (tertiary/aromatic N) is 3. The molecule has 3 rings (SSSR count). The molecule has 1 aromatic carbocycles. The van der Waals surface area contributed by atoms with Crippen molar-refractivity contribution in [2.75, 3.05) is 18.6 Å². The highest BCUT2D eigenvalue weighted by Crippen LogP contribution is 2.36. The van der Waals surface area contributed by atoms with Crippen LogP contribution in [0.2, 0.25) is 0 Å². The molecule has 0 saturated carbocycles. The second-order valence-corrected chi connectivity index (χ2v) is 5.42. The Labute approximate surface area is 117 Å². The summed E-state index contributed by atoms with van der Waals surface area (Å²) in [5, 5.41) is 1.01. The van der Waals surface area contributed by atoms with E-state index in [0.29, 0.717) is 12.6 Å². The van der Waals surface area contributed by atoms with E-state index in [2.05, 4.69) is 44.6 Å². The Morgan fingerprint density at radius 1 is 1.37 bits per heavy atom. The molecule has 5 heteroatoms. The van der Waals surface area contributed by atoms with Crippen molar-refractivity contribution in [3.05, 3.63) is 41.7 Å². The molecule has 100 valence electrons. The van der Waals surface area contributed by atoms with Gasteiger partial charge in [0.15, 0.2) is 5.82 Å². The monoisotopic (exact) mass is 275 g/mol. The standard InChI is InChI=1S/C14H17N3OS/c1-18-10-13-15-14(19-16-13)17-9-5-8-12(17)11-6-3-2-4-7-11/h2-4,6-7,12H,5,8-10H2,1H3. The highest BCUT2D eigenvalue weighted by molar-refractivity contribution is 7.09. The van der Waals surface area contributed by atoms with Crippen molar-refractivity contribution in [1.29, 1.82) is 0 Å². The molecule has 0 radical (unpaired) electrons. The molecule has 0 amide bonds. The molecule has 1 aliphatic rings. The number of ether oxygens (including phenoxy) is 1. The lowest BCUT2D eigenvalue weighted by Crippen LogP contribution is -2.22. The SMILES string of the molecule is COCc1nsc(N2CCCC2c2ccccc2)n1.